The minimum atomic E-state index is -3.41. The van der Waals surface area contributed by atoms with Crippen LogP contribution in [0.5, 0.6) is 0 Å². The van der Waals surface area contributed by atoms with Gasteiger partial charge in [0.25, 0.3) is 0 Å². The van der Waals surface area contributed by atoms with E-state index < -0.39 is 66.8 Å². The van der Waals surface area contributed by atoms with E-state index in [2.05, 4.69) is 194 Å². The zero-order chi connectivity index (χ0) is 40.4. The van der Waals surface area contributed by atoms with Crippen molar-refractivity contribution in [2.24, 2.45) is 0 Å². The van der Waals surface area contributed by atoms with Crippen molar-refractivity contribution in [1.29, 1.82) is 0 Å². The Bertz CT molecular complexity index is 1390. The van der Waals surface area contributed by atoms with Crippen molar-refractivity contribution < 1.29 is 0 Å². The number of hydrogen-bond donors (Lipinski definition) is 0. The standard InChI is InChI=1S/C27H59Si6.C15H23.2CH3.Sn/c1-28(2,3)25(29(4,5)6)22-19-23(26(30(7,8)9)31(10,11)12)21-24(20-22)27(32(13,14)15)33(16,17)18;1-10(2)13-7-14(11(3)4)9-15(8-13)12(5)6;;;/h19-20,25-27H,1-18H3;7-8,10-12H,1-6H3;2*1H3;. The summed E-state index contributed by atoms with van der Waals surface area (Å²) in [5.41, 5.74) is 10.5. The molecular weight excluding hydrogens is 816 g/mol. The molecule has 0 saturated carbocycles. The molecule has 0 atom stereocenters. The molecular formula is C44H88Si6Sn. The fourth-order valence-electron chi connectivity index (χ4n) is 11.6. The van der Waals surface area contributed by atoms with Crippen LogP contribution in [-0.2, 0) is 0 Å². The predicted octanol–water partition coefficient (Wildman–Crippen LogP) is 14.4. The molecule has 0 nitrogen and oxygen atoms in total. The van der Waals surface area contributed by atoms with Gasteiger partial charge in [0.1, 0.15) is 0 Å². The zero-order valence-electron chi connectivity index (χ0n) is 39.3. The third-order valence-electron chi connectivity index (χ3n) is 11.8. The number of hydrogen-bond acceptors (Lipinski definition) is 0. The van der Waals surface area contributed by atoms with Crippen LogP contribution in [0.1, 0.15) is 108 Å². The van der Waals surface area contributed by atoms with Gasteiger partial charge in [-0.05, 0) is 0 Å². The Labute approximate surface area is 331 Å². The number of benzene rings is 2. The van der Waals surface area contributed by atoms with Crippen molar-refractivity contribution in [2.45, 2.75) is 203 Å². The molecule has 0 fully saturated rings. The third kappa shape index (κ3) is 10.9. The molecule has 0 aliphatic carbocycles. The van der Waals surface area contributed by atoms with E-state index in [1.165, 1.54) is 0 Å². The monoisotopic (exact) mass is 904 g/mol. The van der Waals surface area contributed by atoms with Crippen LogP contribution < -0.4 is 7.16 Å². The van der Waals surface area contributed by atoms with E-state index in [1.807, 2.05) is 18.3 Å². The van der Waals surface area contributed by atoms with Gasteiger partial charge < -0.3 is 0 Å². The van der Waals surface area contributed by atoms with Gasteiger partial charge in [0.05, 0.1) is 0 Å². The van der Waals surface area contributed by atoms with Gasteiger partial charge in [-0.15, -0.1) is 0 Å². The average molecular weight is 904 g/mol. The van der Waals surface area contributed by atoms with Crippen molar-refractivity contribution >= 4 is 74.0 Å². The summed E-state index contributed by atoms with van der Waals surface area (Å²) in [4.78, 5) is 5.79. The van der Waals surface area contributed by atoms with Crippen LogP contribution in [0.15, 0.2) is 24.3 Å². The van der Waals surface area contributed by atoms with Crippen LogP contribution in [0.3, 0.4) is 0 Å². The van der Waals surface area contributed by atoms with Gasteiger partial charge in [0.15, 0.2) is 0 Å². The second kappa shape index (κ2) is 15.8. The molecule has 0 unspecified atom stereocenters. The molecule has 0 aliphatic rings. The first-order valence-electron chi connectivity index (χ1n) is 20.7. The van der Waals surface area contributed by atoms with Crippen LogP contribution >= 0.6 is 0 Å². The molecule has 2 rings (SSSR count). The quantitative estimate of drug-likeness (QED) is 0.166. The molecule has 0 amide bonds. The maximum absolute atomic E-state index is 3.41. The summed E-state index contributed by atoms with van der Waals surface area (Å²) >= 11 is -3.41. The van der Waals surface area contributed by atoms with Crippen LogP contribution in [-0.4, -0.2) is 66.8 Å². The first-order valence-corrected chi connectivity index (χ1v) is 50.8. The SMILES string of the molecule is CC(C)c1cc(C(C)C)[c]([Sn]([CH3])([CH3])[c]2c(C([Si](C)(C)C)[Si](C)(C)C)cc(C([Si](C)(C)C)[Si](C)(C)C)cc2C([Si](C)(C)C)[Si](C)(C)C)c(C(C)C)c1. The van der Waals surface area contributed by atoms with Crippen molar-refractivity contribution in [3.63, 3.8) is 0 Å². The molecule has 0 bridgehead atoms. The van der Waals surface area contributed by atoms with Crippen LogP contribution in [0.4, 0.5) is 0 Å². The summed E-state index contributed by atoms with van der Waals surface area (Å²) in [6.07, 6.45) is 0. The Morgan fingerprint density at radius 3 is 0.784 bits per heavy atom. The Hall–Kier alpha value is 0.540. The molecule has 0 aliphatic heterocycles. The van der Waals surface area contributed by atoms with E-state index in [0.717, 1.165) is 15.5 Å². The fourth-order valence-corrected chi connectivity index (χ4v) is 63.7. The minimum absolute atomic E-state index is 0.524. The van der Waals surface area contributed by atoms with Crippen LogP contribution in [0.25, 0.3) is 0 Å². The second-order valence-corrected chi connectivity index (χ2v) is 70.5. The van der Waals surface area contributed by atoms with Crippen LogP contribution in [0, 0.1) is 0 Å². The summed E-state index contributed by atoms with van der Waals surface area (Å²) in [6, 6.07) is 11.3. The average Bonchev–Trinajstić information content (AvgIpc) is 2.82. The van der Waals surface area contributed by atoms with Gasteiger partial charge in [0, 0.05) is 0 Å². The van der Waals surface area contributed by atoms with Gasteiger partial charge in [-0.3, -0.25) is 0 Å². The topological polar surface area (TPSA) is 0 Å². The van der Waals surface area contributed by atoms with E-state index in [-0.39, 0.29) is 0 Å². The molecule has 2 aromatic carbocycles. The molecule has 0 spiro atoms. The fraction of sp³-hybridized carbons (Fsp3) is 0.727. The van der Waals surface area contributed by atoms with E-state index in [9.17, 15) is 0 Å². The summed E-state index contributed by atoms with van der Waals surface area (Å²) in [5, 5.41) is 2.23. The molecule has 0 heterocycles. The summed E-state index contributed by atoms with van der Waals surface area (Å²) in [7, 11) is -9.57. The molecule has 0 radical (unpaired) electrons. The van der Waals surface area contributed by atoms with E-state index >= 15 is 0 Å². The first-order chi connectivity index (χ1) is 22.4. The second-order valence-electron chi connectivity index (χ2n) is 24.7. The molecule has 0 aromatic heterocycles. The molecule has 292 valence electrons. The summed E-state index contributed by atoms with van der Waals surface area (Å²) in [6.45, 7) is 63.7. The summed E-state index contributed by atoms with van der Waals surface area (Å²) in [5.74, 6) is 1.59. The van der Waals surface area contributed by atoms with Crippen molar-refractivity contribution in [3.05, 3.63) is 57.6 Å². The van der Waals surface area contributed by atoms with Gasteiger partial charge in [0.2, 0.25) is 0 Å². The van der Waals surface area contributed by atoms with E-state index in [0.29, 0.717) is 17.8 Å². The molecule has 51 heavy (non-hydrogen) atoms. The van der Waals surface area contributed by atoms with Crippen LogP contribution in [0.2, 0.25) is 128 Å². The zero-order valence-corrected chi connectivity index (χ0v) is 48.1. The van der Waals surface area contributed by atoms with Gasteiger partial charge in [-0.25, -0.2) is 0 Å². The third-order valence-corrected chi connectivity index (χ3v) is 50.1. The Morgan fingerprint density at radius 1 is 0.333 bits per heavy atom. The van der Waals surface area contributed by atoms with Gasteiger partial charge in [-0.2, -0.15) is 0 Å². The van der Waals surface area contributed by atoms with Crippen molar-refractivity contribution in [3.8, 4) is 0 Å². The van der Waals surface area contributed by atoms with E-state index in [4.69, 9.17) is 0 Å². The predicted molar refractivity (Wildman–Crippen MR) is 260 cm³/mol. The Kier molecular flexibility index (Phi) is 14.8. The summed E-state index contributed by atoms with van der Waals surface area (Å²) < 4.78 is 3.83. The van der Waals surface area contributed by atoms with Gasteiger partial charge >= 0.3 is 334 Å². The molecule has 7 heteroatoms. The molecule has 2 aromatic rings. The first kappa shape index (κ1) is 47.7. The molecule has 0 N–H and O–H groups in total. The normalized spacial score (nSPS) is 14.7. The maximum atomic E-state index is 2.97. The van der Waals surface area contributed by atoms with E-state index in [1.54, 1.807) is 22.3 Å². The van der Waals surface area contributed by atoms with Crippen molar-refractivity contribution in [1.82, 2.24) is 0 Å². The Balaban J connectivity index is 3.67. The van der Waals surface area contributed by atoms with Gasteiger partial charge in [-0.1, -0.05) is 0 Å². The number of rotatable bonds is 14. The Morgan fingerprint density at radius 2 is 0.569 bits per heavy atom. The molecule has 0 saturated heterocycles. The van der Waals surface area contributed by atoms with Crippen molar-refractivity contribution in [2.75, 3.05) is 0 Å².